The fraction of sp³-hybridized carbons (Fsp3) is 0.417. The van der Waals surface area contributed by atoms with Crippen LogP contribution in [0.4, 0.5) is 0 Å². The minimum atomic E-state index is 0.765. The van der Waals surface area contributed by atoms with Crippen LogP contribution in [0.25, 0.3) is 11.0 Å². The quantitative estimate of drug-likeness (QED) is 0.516. The summed E-state index contributed by atoms with van der Waals surface area (Å²) in [6.07, 6.45) is 2.68. The Morgan fingerprint density at radius 3 is 2.41 bits per heavy atom. The van der Waals surface area contributed by atoms with Crippen LogP contribution in [0.15, 0.2) is 59.2 Å². The summed E-state index contributed by atoms with van der Waals surface area (Å²) in [7, 11) is 1.71. The molecule has 0 amide bonds. The number of rotatable bonds is 9. The molecule has 29 heavy (non-hydrogen) atoms. The van der Waals surface area contributed by atoms with Gasteiger partial charge in [-0.3, -0.25) is 9.80 Å². The maximum absolute atomic E-state index is 5.89. The number of ether oxygens (including phenoxy) is 2. The lowest BCUT2D eigenvalue weighted by molar-refractivity contribution is 0.0747. The molecule has 1 aliphatic heterocycles. The maximum atomic E-state index is 5.89. The van der Waals surface area contributed by atoms with Crippen molar-refractivity contribution in [2.24, 2.45) is 0 Å². The van der Waals surface area contributed by atoms with E-state index in [1.165, 1.54) is 11.1 Å². The normalized spacial score (nSPS) is 15.8. The van der Waals surface area contributed by atoms with Crippen LogP contribution in [0.1, 0.15) is 11.1 Å². The van der Waals surface area contributed by atoms with Crippen LogP contribution in [0.5, 0.6) is 5.75 Å². The molecule has 2 heterocycles. The summed E-state index contributed by atoms with van der Waals surface area (Å²) in [6.45, 7) is 8.01. The van der Waals surface area contributed by atoms with Crippen LogP contribution >= 0.6 is 0 Å². The number of fused-ring (bicyclic) bond motifs is 1. The summed E-state index contributed by atoms with van der Waals surface area (Å²) >= 11 is 0. The molecule has 1 saturated heterocycles. The summed E-state index contributed by atoms with van der Waals surface area (Å²) in [6, 6.07) is 16.7. The summed E-state index contributed by atoms with van der Waals surface area (Å²) in [4.78, 5) is 5.02. The average molecular weight is 395 g/mol. The smallest absolute Gasteiger partial charge is 0.133 e. The van der Waals surface area contributed by atoms with Crippen molar-refractivity contribution in [3.8, 4) is 5.75 Å². The fourth-order valence-electron chi connectivity index (χ4n) is 3.82. The van der Waals surface area contributed by atoms with E-state index in [2.05, 4.69) is 34.1 Å². The number of hydrogen-bond donors (Lipinski definition) is 0. The van der Waals surface area contributed by atoms with Crippen molar-refractivity contribution in [3.63, 3.8) is 0 Å². The van der Waals surface area contributed by atoms with Gasteiger partial charge in [-0.2, -0.15) is 0 Å². The van der Waals surface area contributed by atoms with Crippen LogP contribution in [0, 0.1) is 0 Å². The Morgan fingerprint density at radius 1 is 0.862 bits per heavy atom. The number of nitrogens with zero attached hydrogens (tertiary/aromatic N) is 2. The SMILES string of the molecule is COc1ccc(CN2CCN(CCOCCc3ccc4occc4c3)CC2)cc1. The number of benzene rings is 2. The van der Waals surface area contributed by atoms with E-state index in [9.17, 15) is 0 Å². The number of hydrogen-bond acceptors (Lipinski definition) is 5. The molecule has 0 atom stereocenters. The summed E-state index contributed by atoms with van der Waals surface area (Å²) in [5.74, 6) is 0.917. The first kappa shape index (κ1) is 20.0. The van der Waals surface area contributed by atoms with Gasteiger partial charge in [-0.05, 0) is 47.9 Å². The van der Waals surface area contributed by atoms with E-state index in [1.54, 1.807) is 13.4 Å². The monoisotopic (exact) mass is 394 g/mol. The maximum Gasteiger partial charge on any atom is 0.133 e. The van der Waals surface area contributed by atoms with Gasteiger partial charge in [-0.25, -0.2) is 0 Å². The van der Waals surface area contributed by atoms with Crippen LogP contribution in [-0.2, 0) is 17.7 Å². The van der Waals surface area contributed by atoms with E-state index in [1.807, 2.05) is 24.3 Å². The van der Waals surface area contributed by atoms with E-state index in [0.717, 1.165) is 75.6 Å². The summed E-state index contributed by atoms with van der Waals surface area (Å²) in [5, 5.41) is 1.16. The first-order chi connectivity index (χ1) is 14.3. The van der Waals surface area contributed by atoms with Crippen molar-refractivity contribution < 1.29 is 13.9 Å². The molecule has 5 nitrogen and oxygen atoms in total. The van der Waals surface area contributed by atoms with Gasteiger partial charge >= 0.3 is 0 Å². The van der Waals surface area contributed by atoms with Gasteiger partial charge in [0.05, 0.1) is 26.6 Å². The molecule has 0 saturated carbocycles. The second kappa shape index (κ2) is 9.92. The summed E-state index contributed by atoms with van der Waals surface area (Å²) < 4.78 is 16.5. The predicted molar refractivity (Wildman–Crippen MR) is 115 cm³/mol. The Bertz CT molecular complexity index is 883. The zero-order chi connectivity index (χ0) is 19.9. The van der Waals surface area contributed by atoms with E-state index in [4.69, 9.17) is 13.9 Å². The molecule has 154 valence electrons. The third kappa shape index (κ3) is 5.60. The standard InChI is InChI=1S/C24H30N2O3/c1-27-23-5-2-21(3-6-23)19-26-12-10-25(11-13-26)14-17-28-15-8-20-4-7-24-22(18-20)9-16-29-24/h2-7,9,16,18H,8,10-15,17,19H2,1H3. The molecule has 0 unspecified atom stereocenters. The van der Waals surface area contributed by atoms with Gasteiger partial charge in [-0.15, -0.1) is 0 Å². The van der Waals surface area contributed by atoms with Gasteiger partial charge in [-0.1, -0.05) is 18.2 Å². The van der Waals surface area contributed by atoms with E-state index >= 15 is 0 Å². The molecular formula is C24H30N2O3. The second-order valence-electron chi connectivity index (χ2n) is 7.62. The first-order valence-corrected chi connectivity index (χ1v) is 10.4. The van der Waals surface area contributed by atoms with Gasteiger partial charge in [0, 0.05) is 44.7 Å². The third-order valence-electron chi connectivity index (χ3n) is 5.63. The minimum absolute atomic E-state index is 0.765. The van der Waals surface area contributed by atoms with Crippen molar-refractivity contribution >= 4 is 11.0 Å². The van der Waals surface area contributed by atoms with Gasteiger partial charge in [0.1, 0.15) is 11.3 Å². The van der Waals surface area contributed by atoms with Crippen molar-refractivity contribution in [1.82, 2.24) is 9.80 Å². The van der Waals surface area contributed by atoms with Crippen molar-refractivity contribution in [2.45, 2.75) is 13.0 Å². The highest BCUT2D eigenvalue weighted by molar-refractivity contribution is 5.77. The van der Waals surface area contributed by atoms with Crippen LogP contribution in [-0.4, -0.2) is 62.8 Å². The Labute approximate surface area is 172 Å². The molecule has 0 radical (unpaired) electrons. The third-order valence-corrected chi connectivity index (χ3v) is 5.63. The molecule has 4 rings (SSSR count). The van der Waals surface area contributed by atoms with E-state index < -0.39 is 0 Å². The predicted octanol–water partition coefficient (Wildman–Crippen LogP) is 3.82. The molecule has 0 spiro atoms. The Hall–Kier alpha value is -2.34. The lowest BCUT2D eigenvalue weighted by Gasteiger charge is -2.34. The highest BCUT2D eigenvalue weighted by Crippen LogP contribution is 2.17. The molecule has 0 aliphatic carbocycles. The number of methoxy groups -OCH3 is 1. The zero-order valence-corrected chi connectivity index (χ0v) is 17.2. The highest BCUT2D eigenvalue weighted by Gasteiger charge is 2.16. The van der Waals surface area contributed by atoms with Crippen LogP contribution in [0.3, 0.4) is 0 Å². The minimum Gasteiger partial charge on any atom is -0.497 e. The van der Waals surface area contributed by atoms with Gasteiger partial charge in [0.25, 0.3) is 0 Å². The lowest BCUT2D eigenvalue weighted by Crippen LogP contribution is -2.46. The molecule has 1 aliphatic rings. The highest BCUT2D eigenvalue weighted by atomic mass is 16.5. The van der Waals surface area contributed by atoms with Gasteiger partial charge in [0.2, 0.25) is 0 Å². The molecule has 1 fully saturated rings. The molecule has 2 aromatic carbocycles. The number of furan rings is 1. The average Bonchev–Trinajstić information content (AvgIpc) is 3.23. The first-order valence-electron chi connectivity index (χ1n) is 10.4. The Morgan fingerprint density at radius 2 is 1.62 bits per heavy atom. The van der Waals surface area contributed by atoms with Crippen molar-refractivity contribution in [2.75, 3.05) is 53.0 Å². The number of piperazine rings is 1. The molecular weight excluding hydrogens is 364 g/mol. The van der Waals surface area contributed by atoms with Crippen LogP contribution < -0.4 is 4.74 Å². The van der Waals surface area contributed by atoms with Gasteiger partial charge < -0.3 is 13.9 Å². The topological polar surface area (TPSA) is 38.1 Å². The van der Waals surface area contributed by atoms with E-state index in [-0.39, 0.29) is 0 Å². The molecule has 3 aromatic rings. The van der Waals surface area contributed by atoms with Crippen molar-refractivity contribution in [1.29, 1.82) is 0 Å². The van der Waals surface area contributed by atoms with Crippen LogP contribution in [0.2, 0.25) is 0 Å². The second-order valence-corrected chi connectivity index (χ2v) is 7.62. The zero-order valence-electron chi connectivity index (χ0n) is 17.2. The molecule has 1 aromatic heterocycles. The van der Waals surface area contributed by atoms with Gasteiger partial charge in [0.15, 0.2) is 0 Å². The summed E-state index contributed by atoms with van der Waals surface area (Å²) in [5.41, 5.74) is 3.59. The van der Waals surface area contributed by atoms with Crippen molar-refractivity contribution in [3.05, 3.63) is 65.9 Å². The lowest BCUT2D eigenvalue weighted by atomic mass is 10.1. The fourth-order valence-corrected chi connectivity index (χ4v) is 3.82. The Kier molecular flexibility index (Phi) is 6.83. The Balaban J connectivity index is 1.10. The van der Waals surface area contributed by atoms with E-state index in [0.29, 0.717) is 0 Å². The molecule has 0 bridgehead atoms. The molecule has 0 N–H and O–H groups in total. The molecule has 5 heteroatoms. The largest absolute Gasteiger partial charge is 0.497 e.